The number of benzene rings is 2. The first-order chi connectivity index (χ1) is 14.8. The van der Waals surface area contributed by atoms with E-state index in [1.807, 2.05) is 0 Å². The molecule has 10 heteroatoms. The average molecular weight is 450 g/mol. The van der Waals surface area contributed by atoms with Gasteiger partial charge in [-0.15, -0.1) is 0 Å². The molecule has 0 spiro atoms. The number of rotatable bonds is 10. The Kier molecular flexibility index (Phi) is 8.40. The lowest BCUT2D eigenvalue weighted by Gasteiger charge is -2.19. The van der Waals surface area contributed by atoms with Crippen LogP contribution >= 0.6 is 0 Å². The molecule has 2 rings (SSSR count). The molecule has 0 aliphatic carbocycles. The molecule has 0 aromatic heterocycles. The Balaban J connectivity index is 2.16. The number of methoxy groups -OCH3 is 2. The van der Waals surface area contributed by atoms with Gasteiger partial charge in [-0.05, 0) is 36.4 Å². The number of anilines is 2. The van der Waals surface area contributed by atoms with E-state index in [9.17, 15) is 18.0 Å². The average Bonchev–Trinajstić information content (AvgIpc) is 2.77. The monoisotopic (exact) mass is 449 g/mol. The molecule has 0 bridgehead atoms. The third-order valence-corrected chi connectivity index (χ3v) is 6.57. The second-order valence-corrected chi connectivity index (χ2v) is 8.36. The summed E-state index contributed by atoms with van der Waals surface area (Å²) in [4.78, 5) is 24.1. The van der Waals surface area contributed by atoms with Crippen LogP contribution in [-0.2, 0) is 19.6 Å². The van der Waals surface area contributed by atoms with Crippen LogP contribution in [0.3, 0.4) is 0 Å². The van der Waals surface area contributed by atoms with Crippen LogP contribution in [0.2, 0.25) is 0 Å². The summed E-state index contributed by atoms with van der Waals surface area (Å²) in [6.45, 7) is 4.07. The number of esters is 1. The minimum atomic E-state index is -3.69. The van der Waals surface area contributed by atoms with Crippen molar-refractivity contribution in [1.82, 2.24) is 4.31 Å². The maximum atomic E-state index is 12.8. The third-order valence-electron chi connectivity index (χ3n) is 4.52. The molecule has 31 heavy (non-hydrogen) atoms. The van der Waals surface area contributed by atoms with Crippen LogP contribution in [-0.4, -0.2) is 58.5 Å². The maximum absolute atomic E-state index is 12.8. The van der Waals surface area contributed by atoms with E-state index < -0.39 is 21.9 Å². The topological polar surface area (TPSA) is 114 Å². The lowest BCUT2D eigenvalue weighted by atomic mass is 10.2. The molecule has 0 aliphatic rings. The van der Waals surface area contributed by atoms with E-state index in [-0.39, 0.29) is 17.1 Å². The first-order valence-electron chi connectivity index (χ1n) is 9.67. The molecule has 168 valence electrons. The van der Waals surface area contributed by atoms with Crippen LogP contribution in [0.25, 0.3) is 0 Å². The highest BCUT2D eigenvalue weighted by atomic mass is 32.2. The first-order valence-corrected chi connectivity index (χ1v) is 11.1. The summed E-state index contributed by atoms with van der Waals surface area (Å²) in [7, 11) is -0.968. The van der Waals surface area contributed by atoms with E-state index in [0.29, 0.717) is 30.1 Å². The van der Waals surface area contributed by atoms with E-state index in [1.165, 1.54) is 36.7 Å². The number of hydrogen-bond acceptors (Lipinski definition) is 7. The SMILES string of the molecule is CCN(CC)S(=O)(=O)c1ccc(OC)c(NC(=O)CNc2cccc(C(=O)OC)c2)c1. The normalized spacial score (nSPS) is 11.1. The van der Waals surface area contributed by atoms with Crippen molar-refractivity contribution in [3.8, 4) is 5.75 Å². The summed E-state index contributed by atoms with van der Waals surface area (Å²) in [5.41, 5.74) is 1.15. The molecule has 0 radical (unpaired) electrons. The molecule has 0 fully saturated rings. The Morgan fingerprint density at radius 2 is 1.74 bits per heavy atom. The number of nitrogens with zero attached hydrogens (tertiary/aromatic N) is 1. The molecule has 1 amide bonds. The molecule has 2 aromatic rings. The van der Waals surface area contributed by atoms with Crippen LogP contribution < -0.4 is 15.4 Å². The fourth-order valence-electron chi connectivity index (χ4n) is 2.91. The van der Waals surface area contributed by atoms with Gasteiger partial charge < -0.3 is 20.1 Å². The highest BCUT2D eigenvalue weighted by Gasteiger charge is 2.23. The molecule has 0 aliphatic heterocycles. The number of nitrogens with one attached hydrogen (secondary N) is 2. The van der Waals surface area contributed by atoms with E-state index in [1.54, 1.807) is 38.1 Å². The predicted octanol–water partition coefficient (Wildman–Crippen LogP) is 2.56. The third kappa shape index (κ3) is 5.96. The number of sulfonamides is 1. The zero-order chi connectivity index (χ0) is 23.0. The molecule has 0 unspecified atom stereocenters. The Hall–Kier alpha value is -3.11. The lowest BCUT2D eigenvalue weighted by molar-refractivity contribution is -0.114. The summed E-state index contributed by atoms with van der Waals surface area (Å²) in [6, 6.07) is 10.9. The van der Waals surface area contributed by atoms with Crippen molar-refractivity contribution in [1.29, 1.82) is 0 Å². The molecule has 0 saturated heterocycles. The summed E-state index contributed by atoms with van der Waals surface area (Å²) < 4.78 is 36.8. The van der Waals surface area contributed by atoms with Gasteiger partial charge in [-0.1, -0.05) is 19.9 Å². The zero-order valence-electron chi connectivity index (χ0n) is 18.0. The molecule has 0 atom stereocenters. The van der Waals surface area contributed by atoms with Gasteiger partial charge in [0.25, 0.3) is 0 Å². The standard InChI is InChI=1S/C21H27N3O6S/c1-5-24(6-2)31(27,28)17-10-11-19(29-3)18(13-17)23-20(25)14-22-16-9-7-8-15(12-16)21(26)30-4/h7-13,22H,5-6,14H2,1-4H3,(H,23,25). The van der Waals surface area contributed by atoms with Gasteiger partial charge in [0.2, 0.25) is 15.9 Å². The van der Waals surface area contributed by atoms with Gasteiger partial charge in [0.1, 0.15) is 5.75 Å². The second-order valence-electron chi connectivity index (χ2n) is 6.43. The molecular formula is C21H27N3O6S. The highest BCUT2D eigenvalue weighted by Crippen LogP contribution is 2.29. The predicted molar refractivity (Wildman–Crippen MR) is 118 cm³/mol. The summed E-state index contributed by atoms with van der Waals surface area (Å²) in [5, 5.41) is 5.58. The Bertz CT molecular complexity index is 1040. The largest absolute Gasteiger partial charge is 0.495 e. The lowest BCUT2D eigenvalue weighted by Crippen LogP contribution is -2.30. The maximum Gasteiger partial charge on any atom is 0.337 e. The number of carbonyl (C=O) groups is 2. The smallest absolute Gasteiger partial charge is 0.337 e. The molecule has 0 saturated carbocycles. The van der Waals surface area contributed by atoms with Gasteiger partial charge in [0.15, 0.2) is 0 Å². The van der Waals surface area contributed by atoms with E-state index in [0.717, 1.165) is 0 Å². The van der Waals surface area contributed by atoms with Crippen LogP contribution in [0.1, 0.15) is 24.2 Å². The summed E-state index contributed by atoms with van der Waals surface area (Å²) >= 11 is 0. The quantitative estimate of drug-likeness (QED) is 0.536. The number of amides is 1. The van der Waals surface area contributed by atoms with E-state index in [4.69, 9.17) is 4.74 Å². The van der Waals surface area contributed by atoms with Crippen LogP contribution in [0.4, 0.5) is 11.4 Å². The molecule has 9 nitrogen and oxygen atoms in total. The van der Waals surface area contributed by atoms with E-state index >= 15 is 0 Å². The number of ether oxygens (including phenoxy) is 2. The van der Waals surface area contributed by atoms with Gasteiger partial charge in [-0.25, -0.2) is 13.2 Å². The fourth-order valence-corrected chi connectivity index (χ4v) is 4.39. The molecule has 2 aromatic carbocycles. The summed E-state index contributed by atoms with van der Waals surface area (Å²) in [5.74, 6) is -0.567. The van der Waals surface area contributed by atoms with Crippen molar-refractivity contribution in [3.63, 3.8) is 0 Å². The van der Waals surface area contributed by atoms with Crippen molar-refractivity contribution in [2.24, 2.45) is 0 Å². The molecule has 2 N–H and O–H groups in total. The van der Waals surface area contributed by atoms with Gasteiger partial charge in [0.05, 0.1) is 36.9 Å². The van der Waals surface area contributed by atoms with Crippen molar-refractivity contribution in [3.05, 3.63) is 48.0 Å². The zero-order valence-corrected chi connectivity index (χ0v) is 18.8. The van der Waals surface area contributed by atoms with E-state index in [2.05, 4.69) is 15.4 Å². The molecular weight excluding hydrogens is 422 g/mol. The van der Waals surface area contributed by atoms with Gasteiger partial charge in [-0.2, -0.15) is 4.31 Å². The van der Waals surface area contributed by atoms with Crippen LogP contribution in [0.5, 0.6) is 5.75 Å². The Morgan fingerprint density at radius 1 is 1.03 bits per heavy atom. The second kappa shape index (κ2) is 10.8. The van der Waals surface area contributed by atoms with Crippen molar-refractivity contribution >= 4 is 33.3 Å². The van der Waals surface area contributed by atoms with Gasteiger partial charge in [-0.3, -0.25) is 4.79 Å². The highest BCUT2D eigenvalue weighted by molar-refractivity contribution is 7.89. The fraction of sp³-hybridized carbons (Fsp3) is 0.333. The Morgan fingerprint density at radius 3 is 2.35 bits per heavy atom. The number of carbonyl (C=O) groups excluding carboxylic acids is 2. The van der Waals surface area contributed by atoms with Crippen LogP contribution in [0, 0.1) is 0 Å². The van der Waals surface area contributed by atoms with Crippen molar-refractivity contribution < 1.29 is 27.5 Å². The van der Waals surface area contributed by atoms with Crippen molar-refractivity contribution in [2.75, 3.05) is 44.5 Å². The minimum absolute atomic E-state index is 0.0611. The molecule has 0 heterocycles. The van der Waals surface area contributed by atoms with Crippen molar-refractivity contribution in [2.45, 2.75) is 18.7 Å². The first kappa shape index (κ1) is 24.2. The Labute approximate surface area is 182 Å². The van der Waals surface area contributed by atoms with Gasteiger partial charge >= 0.3 is 5.97 Å². The summed E-state index contributed by atoms with van der Waals surface area (Å²) in [6.07, 6.45) is 0. The number of hydrogen-bond donors (Lipinski definition) is 2. The van der Waals surface area contributed by atoms with Crippen LogP contribution in [0.15, 0.2) is 47.4 Å². The van der Waals surface area contributed by atoms with Gasteiger partial charge in [0, 0.05) is 18.8 Å². The minimum Gasteiger partial charge on any atom is -0.495 e.